The number of carbonyl (C=O) groups is 1. The Labute approximate surface area is 174 Å². The minimum atomic E-state index is 0.0247. The van der Waals surface area contributed by atoms with Crippen molar-refractivity contribution in [1.82, 2.24) is 19.5 Å². The van der Waals surface area contributed by atoms with Gasteiger partial charge in [0, 0.05) is 35.0 Å². The van der Waals surface area contributed by atoms with E-state index in [1.54, 1.807) is 0 Å². The van der Waals surface area contributed by atoms with Crippen LogP contribution in [0.2, 0.25) is 0 Å². The van der Waals surface area contributed by atoms with Gasteiger partial charge in [0.2, 0.25) is 0 Å². The fourth-order valence-electron chi connectivity index (χ4n) is 5.34. The molecule has 0 saturated carbocycles. The summed E-state index contributed by atoms with van der Waals surface area (Å²) in [5, 5.41) is 4.95. The van der Waals surface area contributed by atoms with Gasteiger partial charge >= 0.3 is 0 Å². The van der Waals surface area contributed by atoms with E-state index < -0.39 is 0 Å². The Morgan fingerprint density at radius 2 is 1.69 bits per heavy atom. The molecule has 5 nitrogen and oxygen atoms in total. The number of allylic oxidation sites excluding steroid dienone is 1. The van der Waals surface area contributed by atoms with Crippen LogP contribution in [0.4, 0.5) is 0 Å². The van der Waals surface area contributed by atoms with Crippen molar-refractivity contribution in [2.75, 3.05) is 0 Å². The van der Waals surface area contributed by atoms with Crippen molar-refractivity contribution in [3.8, 4) is 0 Å². The van der Waals surface area contributed by atoms with E-state index in [-0.39, 0.29) is 29.8 Å². The Morgan fingerprint density at radius 3 is 2.24 bits per heavy atom. The average Bonchev–Trinajstić information content (AvgIpc) is 3.11. The highest BCUT2D eigenvalue weighted by Gasteiger charge is 2.48. The van der Waals surface area contributed by atoms with Gasteiger partial charge in [0.25, 0.3) is 5.91 Å². The van der Waals surface area contributed by atoms with Crippen LogP contribution in [0.1, 0.15) is 96.6 Å². The molecule has 0 fully saturated rings. The van der Waals surface area contributed by atoms with Gasteiger partial charge in [0.1, 0.15) is 0 Å². The van der Waals surface area contributed by atoms with Crippen molar-refractivity contribution in [3.63, 3.8) is 0 Å². The second-order valence-electron chi connectivity index (χ2n) is 9.86. The van der Waals surface area contributed by atoms with Gasteiger partial charge < -0.3 is 4.90 Å². The molecule has 0 spiro atoms. The molecule has 0 radical (unpaired) electrons. The van der Waals surface area contributed by atoms with E-state index in [2.05, 4.69) is 66.4 Å². The lowest BCUT2D eigenvalue weighted by molar-refractivity contribution is -0.131. The average molecular weight is 395 g/mol. The zero-order chi connectivity index (χ0) is 21.2. The summed E-state index contributed by atoms with van der Waals surface area (Å²) in [5.41, 5.74) is 6.66. The van der Waals surface area contributed by atoms with Gasteiger partial charge in [-0.05, 0) is 44.1 Å². The first-order valence-corrected chi connectivity index (χ1v) is 11.1. The number of hydrogen-bond donors (Lipinski definition) is 0. The summed E-state index contributed by atoms with van der Waals surface area (Å²) in [6.07, 6.45) is 2.96. The summed E-state index contributed by atoms with van der Waals surface area (Å²) in [4.78, 5) is 20.8. The highest BCUT2D eigenvalue weighted by Crippen LogP contribution is 2.54. The Bertz CT molecular complexity index is 996. The fourth-order valence-corrected chi connectivity index (χ4v) is 5.34. The first kappa shape index (κ1) is 20.1. The number of carbonyl (C=O) groups excluding carboxylic acids is 1. The highest BCUT2D eigenvalue weighted by molar-refractivity contribution is 5.96. The molecule has 1 amide bonds. The summed E-state index contributed by atoms with van der Waals surface area (Å²) in [5.74, 6) is 1.29. The smallest absolute Gasteiger partial charge is 0.250 e. The molecule has 4 rings (SSSR count). The zero-order valence-corrected chi connectivity index (χ0v) is 19.0. The van der Waals surface area contributed by atoms with Crippen molar-refractivity contribution in [2.45, 2.75) is 85.7 Å². The summed E-state index contributed by atoms with van der Waals surface area (Å²) in [6, 6.07) is 2.22. The molecule has 2 atom stereocenters. The molecule has 0 aromatic carbocycles. The van der Waals surface area contributed by atoms with E-state index in [9.17, 15) is 4.79 Å². The van der Waals surface area contributed by atoms with Crippen LogP contribution in [0, 0.1) is 11.8 Å². The molecule has 2 aromatic rings. The molecular weight excluding hydrogens is 360 g/mol. The molecule has 29 heavy (non-hydrogen) atoms. The Balaban J connectivity index is 2.05. The van der Waals surface area contributed by atoms with Crippen molar-refractivity contribution in [1.29, 1.82) is 0 Å². The van der Waals surface area contributed by atoms with E-state index in [1.165, 1.54) is 11.1 Å². The summed E-state index contributed by atoms with van der Waals surface area (Å²) < 4.78 is 1.93. The Morgan fingerprint density at radius 1 is 1.00 bits per heavy atom. The van der Waals surface area contributed by atoms with Crippen molar-refractivity contribution in [3.05, 3.63) is 40.4 Å². The summed E-state index contributed by atoms with van der Waals surface area (Å²) in [7, 11) is 0. The molecule has 2 unspecified atom stereocenters. The van der Waals surface area contributed by atoms with Gasteiger partial charge in [0.15, 0.2) is 5.65 Å². The SMILES string of the molecule is CC(C)C1=C(C(C)C)C2CC(c3nn4ccc(C(C)C)nc4c32)N(C(C)C)C1=O. The maximum atomic E-state index is 13.7. The molecule has 156 valence electrons. The van der Waals surface area contributed by atoms with Gasteiger partial charge in [0.05, 0.1) is 11.7 Å². The molecule has 2 aromatic heterocycles. The van der Waals surface area contributed by atoms with Crippen molar-refractivity contribution >= 4 is 11.6 Å². The van der Waals surface area contributed by atoms with Crippen LogP contribution in [-0.4, -0.2) is 31.4 Å². The lowest BCUT2D eigenvalue weighted by Crippen LogP contribution is -2.41. The van der Waals surface area contributed by atoms with E-state index in [0.29, 0.717) is 11.8 Å². The summed E-state index contributed by atoms with van der Waals surface area (Å²) in [6.45, 7) is 17.3. The van der Waals surface area contributed by atoms with E-state index in [4.69, 9.17) is 10.1 Å². The summed E-state index contributed by atoms with van der Waals surface area (Å²) >= 11 is 0. The van der Waals surface area contributed by atoms with Crippen LogP contribution < -0.4 is 0 Å². The molecule has 2 aliphatic rings. The maximum Gasteiger partial charge on any atom is 0.250 e. The number of aromatic nitrogens is 3. The van der Waals surface area contributed by atoms with Crippen LogP contribution in [0.5, 0.6) is 0 Å². The lowest BCUT2D eigenvalue weighted by Gasteiger charge is -2.33. The third-order valence-electron chi connectivity index (χ3n) is 6.53. The Hall–Kier alpha value is -2.17. The molecule has 0 saturated heterocycles. The van der Waals surface area contributed by atoms with Crippen LogP contribution in [0.25, 0.3) is 5.65 Å². The monoisotopic (exact) mass is 394 g/mol. The van der Waals surface area contributed by atoms with Gasteiger partial charge in [-0.2, -0.15) is 5.10 Å². The molecule has 0 N–H and O–H groups in total. The third-order valence-corrected chi connectivity index (χ3v) is 6.53. The number of nitrogens with zero attached hydrogens (tertiary/aromatic N) is 4. The Kier molecular flexibility index (Phi) is 4.83. The second-order valence-corrected chi connectivity index (χ2v) is 9.86. The standard InChI is InChI=1S/C24H34N4O/c1-12(2)17-9-10-27-23(25-17)21-16-11-18(22(21)26-27)28(15(7)8)24(29)20(14(5)6)19(16)13(3)4/h9-10,12-16,18H,11H2,1-8H3. The first-order valence-electron chi connectivity index (χ1n) is 11.1. The fraction of sp³-hybridized carbons (Fsp3) is 0.625. The molecule has 1 aliphatic carbocycles. The lowest BCUT2D eigenvalue weighted by atomic mass is 9.80. The van der Waals surface area contributed by atoms with E-state index >= 15 is 0 Å². The minimum Gasteiger partial charge on any atom is -0.328 e. The topological polar surface area (TPSA) is 50.5 Å². The van der Waals surface area contributed by atoms with E-state index in [0.717, 1.165) is 29.0 Å². The van der Waals surface area contributed by atoms with Gasteiger partial charge in [-0.1, -0.05) is 47.1 Å². The number of fused-ring (bicyclic) bond motifs is 7. The maximum absolute atomic E-state index is 13.7. The van der Waals surface area contributed by atoms with Gasteiger partial charge in [-0.25, -0.2) is 9.50 Å². The van der Waals surface area contributed by atoms with E-state index in [1.807, 2.05) is 10.7 Å². The quantitative estimate of drug-likeness (QED) is 0.712. The predicted octanol–water partition coefficient (Wildman–Crippen LogP) is 5.24. The minimum absolute atomic E-state index is 0.0247. The van der Waals surface area contributed by atoms with Gasteiger partial charge in [-0.15, -0.1) is 0 Å². The van der Waals surface area contributed by atoms with Crippen LogP contribution in [0.15, 0.2) is 23.4 Å². The largest absolute Gasteiger partial charge is 0.328 e. The number of amides is 1. The van der Waals surface area contributed by atoms with Crippen LogP contribution in [0.3, 0.4) is 0 Å². The molecular formula is C24H34N4O. The first-order chi connectivity index (χ1) is 13.6. The van der Waals surface area contributed by atoms with Crippen molar-refractivity contribution < 1.29 is 4.79 Å². The number of rotatable bonds is 4. The van der Waals surface area contributed by atoms with Crippen LogP contribution >= 0.6 is 0 Å². The number of hydrogen-bond acceptors (Lipinski definition) is 3. The molecule has 5 heteroatoms. The molecule has 3 heterocycles. The predicted molar refractivity (Wildman–Crippen MR) is 116 cm³/mol. The molecule has 1 aliphatic heterocycles. The molecule has 2 bridgehead atoms. The van der Waals surface area contributed by atoms with Crippen LogP contribution in [-0.2, 0) is 4.79 Å². The highest BCUT2D eigenvalue weighted by atomic mass is 16.2. The van der Waals surface area contributed by atoms with Crippen molar-refractivity contribution in [2.24, 2.45) is 11.8 Å². The third kappa shape index (κ3) is 2.92. The normalized spacial score (nSPS) is 22.1. The van der Waals surface area contributed by atoms with Gasteiger partial charge in [-0.3, -0.25) is 4.79 Å². The second kappa shape index (κ2) is 6.96. The zero-order valence-electron chi connectivity index (χ0n) is 19.0.